The third kappa shape index (κ3) is 9.32. The maximum Gasteiger partial charge on any atom is 0.129 e. The van der Waals surface area contributed by atoms with Gasteiger partial charge in [0.25, 0.3) is 0 Å². The molecule has 0 aliphatic rings. The van der Waals surface area contributed by atoms with Crippen molar-refractivity contribution in [3.05, 3.63) is 57.6 Å². The van der Waals surface area contributed by atoms with Crippen LogP contribution in [0.4, 0.5) is 0 Å². The lowest BCUT2D eigenvalue weighted by Crippen LogP contribution is -2.15. The minimum absolute atomic E-state index is 0.139. The van der Waals surface area contributed by atoms with Crippen molar-refractivity contribution in [3.63, 3.8) is 0 Å². The molecule has 0 saturated carbocycles. The van der Waals surface area contributed by atoms with Crippen LogP contribution in [-0.2, 0) is 23.7 Å². The molecule has 0 amide bonds. The van der Waals surface area contributed by atoms with Gasteiger partial charge in [0.15, 0.2) is 0 Å². The van der Waals surface area contributed by atoms with E-state index in [1.54, 1.807) is 12.4 Å². The maximum absolute atomic E-state index is 11.0. The molecule has 0 radical (unpaired) electrons. The molecule has 0 bridgehead atoms. The molecule has 0 heterocycles. The van der Waals surface area contributed by atoms with Gasteiger partial charge in [0.1, 0.15) is 18.2 Å². The molecule has 0 fully saturated rings. The first-order valence-corrected chi connectivity index (χ1v) is 13.4. The number of benzene rings is 2. The Morgan fingerprint density at radius 1 is 0.568 bits per heavy atom. The van der Waals surface area contributed by atoms with Crippen molar-refractivity contribution in [1.82, 2.24) is 0 Å². The summed E-state index contributed by atoms with van der Waals surface area (Å²) in [6, 6.07) is 8.30. The predicted molar refractivity (Wildman–Crippen MR) is 160 cm³/mol. The number of aromatic hydroxyl groups is 2. The van der Waals surface area contributed by atoms with Crippen LogP contribution in [0.5, 0.6) is 11.5 Å². The molecule has 0 saturated heterocycles. The molecule has 0 unspecified atom stereocenters. The van der Waals surface area contributed by atoms with Crippen LogP contribution in [0.15, 0.2) is 34.3 Å². The molecule has 0 atom stereocenters. The van der Waals surface area contributed by atoms with Crippen molar-refractivity contribution in [3.8, 4) is 11.5 Å². The fourth-order valence-electron chi connectivity index (χ4n) is 4.53. The fraction of sp³-hybridized carbons (Fsp3) is 0.576. The van der Waals surface area contributed by atoms with Crippen LogP contribution in [0.1, 0.15) is 116 Å². The number of rotatable bonds is 6. The molecule has 0 spiro atoms. The third-order valence-electron chi connectivity index (χ3n) is 6.11. The lowest BCUT2D eigenvalue weighted by Gasteiger charge is -2.25. The normalized spacial score (nSPS) is 13.7. The Bertz CT molecular complexity index is 1050. The van der Waals surface area contributed by atoms with Gasteiger partial charge in [-0.25, -0.2) is 0 Å². The highest BCUT2D eigenvalue weighted by Crippen LogP contribution is 2.37. The highest BCUT2D eigenvalue weighted by Gasteiger charge is 2.24. The number of hydrogen-bond donors (Lipinski definition) is 2. The molecule has 37 heavy (non-hydrogen) atoms. The molecule has 2 N–H and O–H groups in total. The molecule has 204 valence electrons. The van der Waals surface area contributed by atoms with Crippen molar-refractivity contribution in [1.29, 1.82) is 0 Å². The average Bonchev–Trinajstić information content (AvgIpc) is 2.67. The van der Waals surface area contributed by atoms with Gasteiger partial charge in [0.05, 0.1) is 0 Å². The second-order valence-electron chi connectivity index (χ2n) is 14.9. The van der Waals surface area contributed by atoms with Crippen LogP contribution in [0.3, 0.4) is 0 Å². The van der Waals surface area contributed by atoms with Gasteiger partial charge in [-0.3, -0.25) is 9.98 Å². The zero-order valence-corrected chi connectivity index (χ0v) is 25.4. The van der Waals surface area contributed by atoms with E-state index in [9.17, 15) is 10.2 Å². The van der Waals surface area contributed by atoms with E-state index < -0.39 is 0 Å². The molecule has 2 rings (SSSR count). The lowest BCUT2D eigenvalue weighted by atomic mass is 9.81. The zero-order chi connectivity index (χ0) is 28.4. The van der Waals surface area contributed by atoms with E-state index in [2.05, 4.69) is 105 Å². The molecule has 4 nitrogen and oxygen atoms in total. The Kier molecular flexibility index (Phi) is 9.11. The molecule has 0 aromatic heterocycles. The van der Waals surface area contributed by atoms with Gasteiger partial charge in [-0.2, -0.15) is 0 Å². The predicted octanol–water partition coefficient (Wildman–Crippen LogP) is 8.37. The van der Waals surface area contributed by atoms with Crippen LogP contribution in [-0.4, -0.2) is 29.3 Å². The molecule has 2 aromatic rings. The third-order valence-corrected chi connectivity index (χ3v) is 6.11. The number of hydrogen-bond acceptors (Lipinski definition) is 4. The Labute approximate surface area is 226 Å². The molecule has 0 aliphatic heterocycles. The molecular formula is C33H50N2O2. The minimum atomic E-state index is -0.181. The maximum atomic E-state index is 11.0. The summed E-state index contributed by atoms with van der Waals surface area (Å²) in [6.07, 6.45) is 5.25. The van der Waals surface area contributed by atoms with Gasteiger partial charge in [-0.05, 0) is 57.8 Å². The Morgan fingerprint density at radius 3 is 1.16 bits per heavy atom. The molecule has 2 aromatic carbocycles. The Balaban J connectivity index is 2.36. The summed E-state index contributed by atoms with van der Waals surface area (Å²) in [4.78, 5) is 8.99. The largest absolute Gasteiger partial charge is 0.507 e. The van der Waals surface area contributed by atoms with E-state index in [0.29, 0.717) is 11.1 Å². The quantitative estimate of drug-likeness (QED) is 0.387. The number of aliphatic imine (C=N–C) groups is 2. The van der Waals surface area contributed by atoms with Crippen LogP contribution in [0.25, 0.3) is 0 Å². The molecule has 4 heteroatoms. The van der Waals surface area contributed by atoms with Crippen LogP contribution in [0.2, 0.25) is 0 Å². The van der Waals surface area contributed by atoms with Gasteiger partial charge < -0.3 is 10.2 Å². The highest BCUT2D eigenvalue weighted by molar-refractivity contribution is 5.86. The standard InChI is InChI=1S/C33H50N2O2/c1-30(2,3)17-22-13-24(28(36)26(15-22)32(7,8)9)19-34-21-35-20-25-14-23(18-31(4,5)6)16-27(29(25)37)33(10,11)12/h13-16,19-20,36-37H,17-18,21H2,1-12H3. The van der Waals surface area contributed by atoms with Gasteiger partial charge >= 0.3 is 0 Å². The summed E-state index contributed by atoms with van der Waals surface area (Å²) in [5.74, 6) is 0.556. The van der Waals surface area contributed by atoms with Crippen LogP contribution in [0, 0.1) is 10.8 Å². The second kappa shape index (κ2) is 11.0. The summed E-state index contributed by atoms with van der Waals surface area (Å²) in [7, 11) is 0. The lowest BCUT2D eigenvalue weighted by molar-refractivity contribution is 0.408. The van der Waals surface area contributed by atoms with Crippen molar-refractivity contribution in [2.45, 2.75) is 107 Å². The first-order valence-electron chi connectivity index (χ1n) is 13.4. The van der Waals surface area contributed by atoms with E-state index in [1.807, 2.05) is 12.1 Å². The van der Waals surface area contributed by atoms with E-state index >= 15 is 0 Å². The van der Waals surface area contributed by atoms with E-state index in [-0.39, 0.29) is 39.8 Å². The van der Waals surface area contributed by atoms with E-state index in [1.165, 1.54) is 11.1 Å². The monoisotopic (exact) mass is 506 g/mol. The molecular weight excluding hydrogens is 456 g/mol. The van der Waals surface area contributed by atoms with Gasteiger partial charge in [-0.15, -0.1) is 0 Å². The molecule has 0 aliphatic carbocycles. The number of phenols is 2. The Hall–Kier alpha value is -2.62. The summed E-state index contributed by atoms with van der Waals surface area (Å²) < 4.78 is 0. The summed E-state index contributed by atoms with van der Waals surface area (Å²) in [6.45, 7) is 26.2. The topological polar surface area (TPSA) is 65.2 Å². The number of phenolic OH excluding ortho intramolecular Hbond substituents is 2. The summed E-state index contributed by atoms with van der Waals surface area (Å²) >= 11 is 0. The summed E-state index contributed by atoms with van der Waals surface area (Å²) in [5.41, 5.74) is 5.58. The van der Waals surface area contributed by atoms with E-state index in [4.69, 9.17) is 0 Å². The first-order chi connectivity index (χ1) is 16.7. The van der Waals surface area contributed by atoms with E-state index in [0.717, 1.165) is 24.0 Å². The van der Waals surface area contributed by atoms with Crippen LogP contribution >= 0.6 is 0 Å². The van der Waals surface area contributed by atoms with Crippen LogP contribution < -0.4 is 0 Å². The average molecular weight is 507 g/mol. The summed E-state index contributed by atoms with van der Waals surface area (Å²) in [5, 5.41) is 22.0. The highest BCUT2D eigenvalue weighted by atomic mass is 16.3. The van der Waals surface area contributed by atoms with Crippen molar-refractivity contribution in [2.24, 2.45) is 20.8 Å². The first kappa shape index (κ1) is 30.6. The fourth-order valence-corrected chi connectivity index (χ4v) is 4.53. The van der Waals surface area contributed by atoms with Gasteiger partial charge in [-0.1, -0.05) is 95.2 Å². The van der Waals surface area contributed by atoms with Crippen molar-refractivity contribution >= 4 is 12.4 Å². The zero-order valence-electron chi connectivity index (χ0n) is 25.4. The van der Waals surface area contributed by atoms with Crippen molar-refractivity contribution < 1.29 is 10.2 Å². The van der Waals surface area contributed by atoms with Gasteiger partial charge in [0.2, 0.25) is 0 Å². The Morgan fingerprint density at radius 2 is 0.892 bits per heavy atom. The smallest absolute Gasteiger partial charge is 0.129 e. The minimum Gasteiger partial charge on any atom is -0.507 e. The van der Waals surface area contributed by atoms with Crippen molar-refractivity contribution in [2.75, 3.05) is 6.67 Å². The number of nitrogens with zero attached hydrogens (tertiary/aromatic N) is 2. The second-order valence-corrected chi connectivity index (χ2v) is 14.9. The van der Waals surface area contributed by atoms with Gasteiger partial charge in [0, 0.05) is 34.7 Å². The SMILES string of the molecule is CC(C)(C)Cc1cc(C=NCN=Cc2cc(CC(C)(C)C)cc(C(C)(C)C)c2O)c(O)c(C(C)(C)C)c1.